The van der Waals surface area contributed by atoms with E-state index in [1.54, 1.807) is 22.3 Å². The summed E-state index contributed by atoms with van der Waals surface area (Å²) < 4.78 is 0. The predicted molar refractivity (Wildman–Crippen MR) is 609 cm³/mol. The van der Waals surface area contributed by atoms with E-state index in [2.05, 4.69) is 284 Å². The number of aromatic nitrogens is 4. The molecule has 0 saturated carbocycles. The lowest BCUT2D eigenvalue weighted by atomic mass is 9.70. The minimum atomic E-state index is -0.125. The predicted octanol–water partition coefficient (Wildman–Crippen LogP) is 42.4. The van der Waals surface area contributed by atoms with Gasteiger partial charge >= 0.3 is 0 Å². The summed E-state index contributed by atoms with van der Waals surface area (Å²) in [5, 5.41) is 0. The third kappa shape index (κ3) is 22.2. The number of hydrogen-bond donors (Lipinski definition) is 2. The Labute approximate surface area is 847 Å². The highest BCUT2D eigenvalue weighted by atomic mass is 14.8. The summed E-state index contributed by atoms with van der Waals surface area (Å²) in [6.07, 6.45) is 80.5. The molecule has 11 aromatic rings. The van der Waals surface area contributed by atoms with Gasteiger partial charge in [0.15, 0.2) is 0 Å². The molecule has 17 rings (SSSR count). The minimum Gasteiger partial charge on any atom is -0.354 e. The number of H-pyrrole nitrogens is 2. The Bertz CT molecular complexity index is 5340. The first-order chi connectivity index (χ1) is 69.1. The van der Waals surface area contributed by atoms with Crippen LogP contribution in [0.1, 0.15) is 482 Å². The van der Waals surface area contributed by atoms with E-state index in [1.165, 1.54) is 397 Å². The maximum atomic E-state index is 6.36. The van der Waals surface area contributed by atoms with Crippen molar-refractivity contribution in [3.8, 4) is 89.0 Å². The second-order valence-electron chi connectivity index (χ2n) is 44.2. The van der Waals surface area contributed by atoms with Crippen molar-refractivity contribution >= 4 is 46.4 Å². The van der Waals surface area contributed by atoms with Crippen molar-refractivity contribution in [2.45, 2.75) is 437 Å². The van der Waals surface area contributed by atoms with Crippen LogP contribution in [0, 0.1) is 0 Å². The smallest absolute Gasteiger partial charge is 0.0737 e. The number of nitrogens with one attached hydrogen (secondary N) is 2. The molecule has 0 spiro atoms. The third-order valence-corrected chi connectivity index (χ3v) is 34.6. The average molecular weight is 1860 g/mol. The van der Waals surface area contributed by atoms with Crippen molar-refractivity contribution < 1.29 is 0 Å². The molecule has 140 heavy (non-hydrogen) atoms. The molecule has 6 aliphatic rings. The fourth-order valence-corrected chi connectivity index (χ4v) is 27.2. The monoisotopic (exact) mass is 1860 g/mol. The molecule has 0 atom stereocenters. The fourth-order valence-electron chi connectivity index (χ4n) is 27.2. The van der Waals surface area contributed by atoms with Gasteiger partial charge < -0.3 is 9.97 Å². The number of rotatable bonds is 60. The van der Waals surface area contributed by atoms with E-state index >= 15 is 0 Å². The van der Waals surface area contributed by atoms with Crippen LogP contribution in [0.2, 0.25) is 0 Å². The van der Waals surface area contributed by atoms with Crippen LogP contribution in [-0.4, -0.2) is 19.9 Å². The van der Waals surface area contributed by atoms with Crippen LogP contribution in [0.3, 0.4) is 0 Å². The quantitative estimate of drug-likeness (QED) is 0.0373. The van der Waals surface area contributed by atoms with Crippen LogP contribution in [-0.2, 0) is 21.7 Å². The normalized spacial score (nSPS) is 14.3. The molecule has 2 N–H and O–H groups in total. The molecule has 4 aliphatic carbocycles. The highest BCUT2D eigenvalue weighted by molar-refractivity contribution is 6.02. The topological polar surface area (TPSA) is 57.4 Å². The zero-order valence-electron chi connectivity index (χ0n) is 88.3. The zero-order valence-corrected chi connectivity index (χ0v) is 88.3. The van der Waals surface area contributed by atoms with E-state index in [1.807, 2.05) is 0 Å². The summed E-state index contributed by atoms with van der Waals surface area (Å²) in [7, 11) is 0. The third-order valence-electron chi connectivity index (χ3n) is 34.6. The summed E-state index contributed by atoms with van der Waals surface area (Å²) in [5.41, 5.74) is 40.8. The molecule has 0 saturated heterocycles. The lowest BCUT2D eigenvalue weighted by Crippen LogP contribution is -2.25. The summed E-state index contributed by atoms with van der Waals surface area (Å²) >= 11 is 0. The van der Waals surface area contributed by atoms with Crippen LogP contribution in [0.5, 0.6) is 0 Å². The van der Waals surface area contributed by atoms with Gasteiger partial charge in [-0.3, -0.25) is 0 Å². The van der Waals surface area contributed by atoms with Gasteiger partial charge in [-0.1, -0.05) is 509 Å². The summed E-state index contributed by atoms with van der Waals surface area (Å²) in [6.45, 7) is 18.9. The van der Waals surface area contributed by atoms with Crippen LogP contribution in [0.4, 0.5) is 0 Å². The molecule has 8 aromatic carbocycles. The van der Waals surface area contributed by atoms with E-state index in [0.717, 1.165) is 118 Å². The highest BCUT2D eigenvalue weighted by Gasteiger charge is 2.48. The van der Waals surface area contributed by atoms with Gasteiger partial charge in [-0.05, 0) is 235 Å². The number of nitrogens with zero attached hydrogens (tertiary/aromatic N) is 2. The second kappa shape index (κ2) is 50.1. The minimum absolute atomic E-state index is 0.125. The Hall–Kier alpha value is -9.64. The maximum Gasteiger partial charge on any atom is 0.0737 e. The van der Waals surface area contributed by atoms with Crippen molar-refractivity contribution in [2.75, 3.05) is 0 Å². The molecule has 8 bridgehead atoms. The number of aromatic amines is 2. The van der Waals surface area contributed by atoms with Crippen LogP contribution in [0.25, 0.3) is 135 Å². The van der Waals surface area contributed by atoms with Gasteiger partial charge in [0.25, 0.3) is 0 Å². The highest BCUT2D eigenvalue weighted by Crippen LogP contribution is 2.61. The van der Waals surface area contributed by atoms with E-state index in [0.29, 0.717) is 0 Å². The molecule has 3 aromatic heterocycles. The molecule has 5 heterocycles. The second-order valence-corrected chi connectivity index (χ2v) is 44.2. The lowest BCUT2D eigenvalue weighted by Gasteiger charge is -2.33. The van der Waals surface area contributed by atoms with Crippen molar-refractivity contribution in [3.63, 3.8) is 0 Å². The molecule has 4 nitrogen and oxygen atoms in total. The van der Waals surface area contributed by atoms with Gasteiger partial charge in [0.2, 0.25) is 0 Å². The van der Waals surface area contributed by atoms with E-state index < -0.39 is 0 Å². The van der Waals surface area contributed by atoms with Gasteiger partial charge in [0.1, 0.15) is 0 Å². The largest absolute Gasteiger partial charge is 0.354 e. The van der Waals surface area contributed by atoms with Crippen molar-refractivity contribution in [2.24, 2.45) is 0 Å². The molecule has 0 unspecified atom stereocenters. The van der Waals surface area contributed by atoms with Gasteiger partial charge in [-0.15, -0.1) is 0 Å². The molecule has 738 valence electrons. The zero-order chi connectivity index (χ0) is 96.4. The Morgan fingerprint density at radius 1 is 0.171 bits per heavy atom. The SMILES string of the molecule is CCCCCCCCC1(CCCCCCCC)c2ccccc2-c2ccc(-c3c4nc(c(-c5ccc6c(c5)C(CCCCCCCC)(CCCCCCCC)c5ccccc5-6)c5ccc([nH]5)c(-c5ccc6c(c5)C(CCCCCCCC)(CCCCCCCC)c5ccccc5-6)c5nc(c(-c6ccc7c(c6)C(CCCCCCCC)(CCCCCCCC)c6ccccc6-7)c6ccc3[nH]6)C=C5)C=C4)cc21. The first-order valence-corrected chi connectivity index (χ1v) is 58.3. The molecule has 4 heteroatoms. The molecule has 2 aliphatic heterocycles. The Balaban J connectivity index is 0.942. The Morgan fingerprint density at radius 2 is 0.336 bits per heavy atom. The fraction of sp³-hybridized carbons (Fsp3) is 0.500. The number of hydrogen-bond acceptors (Lipinski definition) is 2. The maximum absolute atomic E-state index is 6.36. The van der Waals surface area contributed by atoms with Gasteiger partial charge in [-0.2, -0.15) is 0 Å². The van der Waals surface area contributed by atoms with E-state index in [4.69, 9.17) is 9.97 Å². The first kappa shape index (κ1) is 102. The first-order valence-electron chi connectivity index (χ1n) is 58.3. The number of unbranched alkanes of at least 4 members (excludes halogenated alkanes) is 40. The summed E-state index contributed by atoms with van der Waals surface area (Å²) in [4.78, 5) is 21.6. The molecule has 0 radical (unpaired) electrons. The van der Waals surface area contributed by atoms with E-state index in [9.17, 15) is 0 Å². The van der Waals surface area contributed by atoms with E-state index in [-0.39, 0.29) is 21.7 Å². The van der Waals surface area contributed by atoms with Crippen LogP contribution < -0.4 is 0 Å². The summed E-state index contributed by atoms with van der Waals surface area (Å²) in [5.74, 6) is 0. The van der Waals surface area contributed by atoms with Crippen molar-refractivity contribution in [1.29, 1.82) is 0 Å². The van der Waals surface area contributed by atoms with Gasteiger partial charge in [0.05, 0.1) is 22.8 Å². The van der Waals surface area contributed by atoms with Crippen LogP contribution in [0.15, 0.2) is 194 Å². The van der Waals surface area contributed by atoms with Crippen LogP contribution >= 0.6 is 0 Å². The summed E-state index contributed by atoms with van der Waals surface area (Å²) in [6, 6.07) is 79.5. The molecule has 0 amide bonds. The van der Waals surface area contributed by atoms with Crippen molar-refractivity contribution in [3.05, 3.63) is 261 Å². The molecule has 0 fully saturated rings. The van der Waals surface area contributed by atoms with Gasteiger partial charge in [0, 0.05) is 66.0 Å². The lowest BCUT2D eigenvalue weighted by molar-refractivity contribution is 0.398. The number of fused-ring (bicyclic) bond motifs is 20. The molecular formula is C136H174N4. The standard InChI is InChI=1S/C136H174N4/c1-9-17-25-33-41-57-89-133(90-58-42-34-26-18-10-2)113-69-53-49-65-105(113)109-77-73-101(97-117(109)133)129-121-81-83-123(137-121)130(102-74-78-110-106-66-50-54-70-114(106)134(118(110)98-102,91-59-43-35-27-19-11-3)92-60-44-36-28-20-12-4)125-85-87-127(139-125)132(104-76-80-112-108-68-52-56-72-116(108)136(120(112)100-104,95-63-47-39-31-23-15-7)96-64-48-40-32-24-16-8)128-88-86-126(140-128)131(124-84-82-122(129)138-124)103-75-79-111-107-67-51-55-71-115(107)135(119(111)99-103,93-61-45-37-29-21-13-5)94-62-46-38-30-22-14-6/h49-56,65-88,97-100,137,140H,9-48,57-64,89-96H2,1-8H3. The Kier molecular flexibility index (Phi) is 36.4. The average Bonchev–Trinajstić information content (AvgIpc) is 1.56. The van der Waals surface area contributed by atoms with Crippen molar-refractivity contribution in [1.82, 2.24) is 19.9 Å². The molecular weight excluding hydrogens is 1690 g/mol. The van der Waals surface area contributed by atoms with Gasteiger partial charge in [-0.25, -0.2) is 9.97 Å². The Morgan fingerprint density at radius 3 is 0.521 bits per heavy atom. The number of benzene rings is 8.